The Hall–Kier alpha value is -1.84. The fraction of sp³-hybridized carbons (Fsp3) is 0.467. The zero-order valence-electron chi connectivity index (χ0n) is 11.0. The Morgan fingerprint density at radius 2 is 2.16 bits per heavy atom. The third-order valence-corrected chi connectivity index (χ3v) is 3.93. The summed E-state index contributed by atoms with van der Waals surface area (Å²) in [7, 11) is 1.57. The van der Waals surface area contributed by atoms with Crippen LogP contribution in [0.2, 0.25) is 0 Å². The van der Waals surface area contributed by atoms with Crippen molar-refractivity contribution in [3.05, 3.63) is 29.8 Å². The zero-order chi connectivity index (χ0) is 13.9. The van der Waals surface area contributed by atoms with Crippen molar-refractivity contribution in [2.45, 2.75) is 37.5 Å². The van der Waals surface area contributed by atoms with Crippen molar-refractivity contribution >= 4 is 11.8 Å². The van der Waals surface area contributed by atoms with Crippen molar-refractivity contribution in [1.82, 2.24) is 0 Å². The minimum atomic E-state index is -0.867. The van der Waals surface area contributed by atoms with Crippen molar-refractivity contribution < 1.29 is 19.4 Å². The van der Waals surface area contributed by atoms with E-state index in [2.05, 4.69) is 0 Å². The van der Waals surface area contributed by atoms with E-state index in [0.29, 0.717) is 25.0 Å². The molecule has 1 N–H and O–H groups in total. The second kappa shape index (κ2) is 5.43. The highest BCUT2D eigenvalue weighted by atomic mass is 16.5. The molecular formula is C15H18O4. The molecule has 1 unspecified atom stereocenters. The van der Waals surface area contributed by atoms with Crippen molar-refractivity contribution in [1.29, 1.82) is 0 Å². The number of benzene rings is 1. The summed E-state index contributed by atoms with van der Waals surface area (Å²) in [5.41, 5.74) is 0.159. The normalized spacial score (nSPS) is 22.5. The third kappa shape index (κ3) is 2.48. The number of rotatable bonds is 5. The second-order valence-corrected chi connectivity index (χ2v) is 4.95. The number of para-hydroxylation sites is 1. The average Bonchev–Trinajstić information content (AvgIpc) is 2.78. The third-order valence-electron chi connectivity index (χ3n) is 3.93. The van der Waals surface area contributed by atoms with Gasteiger partial charge in [-0.25, -0.2) is 0 Å². The first-order chi connectivity index (χ1) is 9.10. The molecule has 1 aliphatic carbocycles. The largest absolute Gasteiger partial charge is 0.496 e. The molecule has 0 aliphatic heterocycles. The molecule has 4 nitrogen and oxygen atoms in total. The van der Waals surface area contributed by atoms with Crippen LogP contribution in [-0.2, 0) is 15.0 Å². The minimum absolute atomic E-state index is 0.00376. The van der Waals surface area contributed by atoms with E-state index in [1.54, 1.807) is 7.11 Å². The van der Waals surface area contributed by atoms with E-state index in [4.69, 9.17) is 9.84 Å². The molecular weight excluding hydrogens is 244 g/mol. The van der Waals surface area contributed by atoms with Gasteiger partial charge in [0.15, 0.2) is 0 Å². The van der Waals surface area contributed by atoms with Crippen LogP contribution >= 0.6 is 0 Å². The molecule has 1 aromatic rings. The van der Waals surface area contributed by atoms with Crippen LogP contribution in [0.3, 0.4) is 0 Å². The summed E-state index contributed by atoms with van der Waals surface area (Å²) < 4.78 is 5.34. The monoisotopic (exact) mass is 262 g/mol. The van der Waals surface area contributed by atoms with Gasteiger partial charge in [-0.3, -0.25) is 9.59 Å². The maximum Gasteiger partial charge on any atom is 0.303 e. The fourth-order valence-electron chi connectivity index (χ4n) is 2.97. The summed E-state index contributed by atoms with van der Waals surface area (Å²) in [6.07, 6.45) is 2.40. The fourth-order valence-corrected chi connectivity index (χ4v) is 2.97. The Morgan fingerprint density at radius 3 is 2.74 bits per heavy atom. The molecule has 0 amide bonds. The Morgan fingerprint density at radius 1 is 1.42 bits per heavy atom. The first-order valence-corrected chi connectivity index (χ1v) is 6.49. The van der Waals surface area contributed by atoms with Crippen LogP contribution in [0.1, 0.15) is 37.7 Å². The lowest BCUT2D eigenvalue weighted by Crippen LogP contribution is -2.32. The number of methoxy groups -OCH3 is 1. The summed E-state index contributed by atoms with van der Waals surface area (Å²) in [5.74, 6) is -0.0599. The molecule has 1 aliphatic rings. The number of aliphatic carboxylic acids is 1. The summed E-state index contributed by atoms with van der Waals surface area (Å²) >= 11 is 0. The van der Waals surface area contributed by atoms with Gasteiger partial charge in [0.2, 0.25) is 0 Å². The van der Waals surface area contributed by atoms with Gasteiger partial charge < -0.3 is 9.84 Å². The van der Waals surface area contributed by atoms with Gasteiger partial charge in [0.1, 0.15) is 11.5 Å². The van der Waals surface area contributed by atoms with Gasteiger partial charge in [0, 0.05) is 18.4 Å². The van der Waals surface area contributed by atoms with Gasteiger partial charge in [-0.05, 0) is 25.3 Å². The molecule has 1 saturated carbocycles. The number of hydrogen-bond acceptors (Lipinski definition) is 3. The highest BCUT2D eigenvalue weighted by Crippen LogP contribution is 2.45. The van der Waals surface area contributed by atoms with E-state index in [-0.39, 0.29) is 12.2 Å². The molecule has 1 aromatic carbocycles. The van der Waals surface area contributed by atoms with Gasteiger partial charge in [-0.1, -0.05) is 18.2 Å². The maximum absolute atomic E-state index is 12.3. The molecule has 1 fully saturated rings. The molecule has 1 atom stereocenters. The molecule has 4 heteroatoms. The molecule has 2 rings (SSSR count). The van der Waals surface area contributed by atoms with Crippen LogP contribution in [0.4, 0.5) is 0 Å². The van der Waals surface area contributed by atoms with Crippen LogP contribution in [-0.4, -0.2) is 24.0 Å². The van der Waals surface area contributed by atoms with Gasteiger partial charge >= 0.3 is 5.97 Å². The molecule has 0 saturated heterocycles. The molecule has 0 spiro atoms. The first kappa shape index (κ1) is 13.6. The van der Waals surface area contributed by atoms with E-state index in [1.165, 1.54) is 0 Å². The molecule has 0 bridgehead atoms. The Bertz CT molecular complexity index is 495. The average molecular weight is 262 g/mol. The lowest BCUT2D eigenvalue weighted by molar-refractivity contribution is -0.137. The van der Waals surface area contributed by atoms with E-state index in [1.807, 2.05) is 24.3 Å². The van der Waals surface area contributed by atoms with Crippen LogP contribution in [0.15, 0.2) is 24.3 Å². The standard InChI is InChI=1S/C15H18O4/c1-19-12-6-3-2-5-11(12)15(10-8-14(17)18)9-4-7-13(15)16/h2-3,5-6H,4,7-10H2,1H3,(H,17,18). The first-order valence-electron chi connectivity index (χ1n) is 6.49. The number of hydrogen-bond donors (Lipinski definition) is 1. The number of carboxylic acid groups (broad SMARTS) is 1. The predicted molar refractivity (Wildman–Crippen MR) is 70.4 cm³/mol. The summed E-state index contributed by atoms with van der Waals surface area (Å²) in [5, 5.41) is 8.91. The predicted octanol–water partition coefficient (Wildman–Crippen LogP) is 2.55. The molecule has 19 heavy (non-hydrogen) atoms. The Balaban J connectivity index is 2.42. The number of ether oxygens (including phenoxy) is 1. The SMILES string of the molecule is COc1ccccc1C1(CCC(=O)O)CCCC1=O. The molecule has 0 radical (unpaired) electrons. The lowest BCUT2D eigenvalue weighted by atomic mass is 9.74. The number of carboxylic acids is 1. The highest BCUT2D eigenvalue weighted by Gasteiger charge is 2.44. The van der Waals surface area contributed by atoms with E-state index in [0.717, 1.165) is 12.0 Å². The summed E-state index contributed by atoms with van der Waals surface area (Å²) in [4.78, 5) is 23.2. The van der Waals surface area contributed by atoms with Crippen molar-refractivity contribution in [2.75, 3.05) is 7.11 Å². The Kier molecular flexibility index (Phi) is 3.88. The van der Waals surface area contributed by atoms with Crippen molar-refractivity contribution in [2.24, 2.45) is 0 Å². The topological polar surface area (TPSA) is 63.6 Å². The maximum atomic E-state index is 12.3. The Labute approximate surface area is 112 Å². The smallest absolute Gasteiger partial charge is 0.303 e. The van der Waals surface area contributed by atoms with E-state index < -0.39 is 11.4 Å². The van der Waals surface area contributed by atoms with Crippen molar-refractivity contribution in [3.8, 4) is 5.75 Å². The second-order valence-electron chi connectivity index (χ2n) is 4.95. The quantitative estimate of drug-likeness (QED) is 0.885. The summed E-state index contributed by atoms with van der Waals surface area (Å²) in [6, 6.07) is 7.42. The van der Waals surface area contributed by atoms with E-state index >= 15 is 0 Å². The number of carbonyl (C=O) groups is 2. The number of Topliss-reactive ketones (excluding diaryl/α,β-unsaturated/α-hetero) is 1. The van der Waals surface area contributed by atoms with Gasteiger partial charge in [0.05, 0.1) is 12.5 Å². The molecule has 102 valence electrons. The van der Waals surface area contributed by atoms with E-state index in [9.17, 15) is 9.59 Å². The van der Waals surface area contributed by atoms with Gasteiger partial charge in [-0.2, -0.15) is 0 Å². The zero-order valence-corrected chi connectivity index (χ0v) is 11.0. The minimum Gasteiger partial charge on any atom is -0.496 e. The van der Waals surface area contributed by atoms with Crippen LogP contribution in [0.25, 0.3) is 0 Å². The van der Waals surface area contributed by atoms with Crippen molar-refractivity contribution in [3.63, 3.8) is 0 Å². The van der Waals surface area contributed by atoms with Gasteiger partial charge in [0.25, 0.3) is 0 Å². The molecule has 0 aromatic heterocycles. The van der Waals surface area contributed by atoms with Crippen LogP contribution < -0.4 is 4.74 Å². The molecule has 0 heterocycles. The van der Waals surface area contributed by atoms with Gasteiger partial charge in [-0.15, -0.1) is 0 Å². The highest BCUT2D eigenvalue weighted by molar-refractivity contribution is 5.93. The van der Waals surface area contributed by atoms with Crippen LogP contribution in [0.5, 0.6) is 5.75 Å². The summed E-state index contributed by atoms with van der Waals surface area (Å²) in [6.45, 7) is 0. The van der Waals surface area contributed by atoms with Crippen LogP contribution in [0, 0.1) is 0 Å². The number of carbonyl (C=O) groups excluding carboxylic acids is 1. The lowest BCUT2D eigenvalue weighted by Gasteiger charge is -2.29. The number of ketones is 1.